The molecular formula is C21H36O6. The summed E-state index contributed by atoms with van der Waals surface area (Å²) in [5, 5.41) is 18.7. The maximum absolute atomic E-state index is 11.8. The quantitative estimate of drug-likeness (QED) is 0.288. The van der Waals surface area contributed by atoms with Crippen LogP contribution >= 0.6 is 0 Å². The minimum Gasteiger partial charge on any atom is -0.450 e. The van der Waals surface area contributed by atoms with Crippen LogP contribution in [-0.4, -0.2) is 53.5 Å². The number of esters is 1. The Hall–Kier alpha value is -1.24. The lowest BCUT2D eigenvalue weighted by Gasteiger charge is -2.19. The number of ketones is 1. The van der Waals surface area contributed by atoms with Crippen LogP contribution < -0.4 is 0 Å². The highest BCUT2D eigenvalue weighted by Crippen LogP contribution is 2.21. The summed E-state index contributed by atoms with van der Waals surface area (Å²) in [6.07, 6.45) is 5.39. The lowest BCUT2D eigenvalue weighted by molar-refractivity contribution is -0.152. The van der Waals surface area contributed by atoms with Gasteiger partial charge in [0.25, 0.3) is 5.78 Å². The molecule has 0 radical (unpaired) electrons. The molecule has 156 valence electrons. The van der Waals surface area contributed by atoms with E-state index in [0.29, 0.717) is 0 Å². The third kappa shape index (κ3) is 8.54. The molecule has 1 rings (SSSR count). The molecule has 0 spiro atoms. The van der Waals surface area contributed by atoms with Crippen molar-refractivity contribution >= 4 is 11.8 Å². The number of aliphatic hydroxyl groups excluding tert-OH is 2. The van der Waals surface area contributed by atoms with E-state index in [-0.39, 0.29) is 6.61 Å². The van der Waals surface area contributed by atoms with Crippen molar-refractivity contribution in [2.45, 2.75) is 84.5 Å². The number of allylic oxidation sites excluding steroid dienone is 1. The normalized spacial score (nSPS) is 23.0. The van der Waals surface area contributed by atoms with Crippen molar-refractivity contribution in [2.24, 2.45) is 11.8 Å². The lowest BCUT2D eigenvalue weighted by Crippen LogP contribution is -2.40. The second-order valence-corrected chi connectivity index (χ2v) is 8.11. The number of cyclic esters (lactones) is 1. The molecule has 1 aliphatic heterocycles. The fourth-order valence-electron chi connectivity index (χ4n) is 3.21. The Morgan fingerprint density at radius 2 is 1.85 bits per heavy atom. The van der Waals surface area contributed by atoms with Gasteiger partial charge in [0.1, 0.15) is 6.10 Å². The predicted molar refractivity (Wildman–Crippen MR) is 103 cm³/mol. The molecule has 0 aromatic heterocycles. The third-order valence-corrected chi connectivity index (χ3v) is 5.02. The Morgan fingerprint density at radius 1 is 1.19 bits per heavy atom. The summed E-state index contributed by atoms with van der Waals surface area (Å²) in [7, 11) is 0. The average Bonchev–Trinajstić information content (AvgIpc) is 2.89. The van der Waals surface area contributed by atoms with Crippen molar-refractivity contribution in [3.8, 4) is 0 Å². The molecule has 0 saturated carbocycles. The smallest absolute Gasteiger partial charge is 0.378 e. The summed E-state index contributed by atoms with van der Waals surface area (Å²) in [5.41, 5.74) is 1.17. The Balaban J connectivity index is 2.31. The summed E-state index contributed by atoms with van der Waals surface area (Å²) < 4.78 is 10.2. The number of carbonyl (C=O) groups excluding carboxylic acids is 2. The van der Waals surface area contributed by atoms with E-state index < -0.39 is 36.7 Å². The van der Waals surface area contributed by atoms with E-state index in [0.717, 1.165) is 24.7 Å². The van der Waals surface area contributed by atoms with Gasteiger partial charge in [-0.15, -0.1) is 0 Å². The molecular weight excluding hydrogens is 348 g/mol. The Labute approximate surface area is 162 Å². The van der Waals surface area contributed by atoms with Crippen LogP contribution in [0, 0.1) is 11.8 Å². The zero-order valence-electron chi connectivity index (χ0n) is 17.1. The van der Waals surface area contributed by atoms with Crippen molar-refractivity contribution in [3.05, 3.63) is 11.6 Å². The van der Waals surface area contributed by atoms with Crippen molar-refractivity contribution in [1.29, 1.82) is 0 Å². The van der Waals surface area contributed by atoms with Crippen LogP contribution in [0.3, 0.4) is 0 Å². The standard InChI is InChI=1S/C21H36O6/c1-14(2)7-5-8-15(3)9-6-10-16(4)11-12-26-20-18(24)21(25)27-19(20)17(23)13-22/h11,14-15,17,19-20,22-23H,5-10,12-13H2,1-4H3. The van der Waals surface area contributed by atoms with Crippen LogP contribution in [0.5, 0.6) is 0 Å². The second kappa shape index (κ2) is 12.3. The Bertz CT molecular complexity index is 499. The highest BCUT2D eigenvalue weighted by Gasteiger charge is 2.47. The second-order valence-electron chi connectivity index (χ2n) is 8.11. The van der Waals surface area contributed by atoms with E-state index in [2.05, 4.69) is 20.8 Å². The summed E-state index contributed by atoms with van der Waals surface area (Å²) in [4.78, 5) is 23.1. The molecule has 1 aliphatic rings. The van der Waals surface area contributed by atoms with Gasteiger partial charge < -0.3 is 19.7 Å². The summed E-state index contributed by atoms with van der Waals surface area (Å²) >= 11 is 0. The van der Waals surface area contributed by atoms with Gasteiger partial charge >= 0.3 is 5.97 Å². The first-order valence-corrected chi connectivity index (χ1v) is 10.1. The highest BCUT2D eigenvalue weighted by molar-refractivity contribution is 6.37. The van der Waals surface area contributed by atoms with E-state index in [1.54, 1.807) is 0 Å². The van der Waals surface area contributed by atoms with Gasteiger partial charge in [-0.3, -0.25) is 4.79 Å². The van der Waals surface area contributed by atoms with Gasteiger partial charge in [-0.25, -0.2) is 4.79 Å². The molecule has 27 heavy (non-hydrogen) atoms. The molecule has 2 N–H and O–H groups in total. The zero-order valence-corrected chi connectivity index (χ0v) is 17.1. The van der Waals surface area contributed by atoms with Gasteiger partial charge in [0.05, 0.1) is 13.2 Å². The van der Waals surface area contributed by atoms with Crippen LogP contribution in [-0.2, 0) is 19.1 Å². The van der Waals surface area contributed by atoms with E-state index in [4.69, 9.17) is 14.6 Å². The first-order valence-electron chi connectivity index (χ1n) is 10.1. The van der Waals surface area contributed by atoms with Crippen molar-refractivity contribution in [2.75, 3.05) is 13.2 Å². The minimum absolute atomic E-state index is 0.164. The molecule has 6 heteroatoms. The van der Waals surface area contributed by atoms with Gasteiger partial charge in [-0.05, 0) is 31.6 Å². The summed E-state index contributed by atoms with van der Waals surface area (Å²) in [5.74, 6) is -0.334. The van der Waals surface area contributed by atoms with E-state index in [1.165, 1.54) is 31.3 Å². The number of ether oxygens (including phenoxy) is 2. The predicted octanol–water partition coefficient (Wildman–Crippen LogP) is 2.80. The van der Waals surface area contributed by atoms with Gasteiger partial charge in [0.15, 0.2) is 12.2 Å². The number of carbonyl (C=O) groups is 2. The number of Topliss-reactive ketones (excluding diaryl/α,β-unsaturated/α-hetero) is 1. The largest absolute Gasteiger partial charge is 0.450 e. The molecule has 1 heterocycles. The molecule has 4 unspecified atom stereocenters. The zero-order chi connectivity index (χ0) is 20.4. The highest BCUT2D eigenvalue weighted by atomic mass is 16.6. The van der Waals surface area contributed by atoms with E-state index in [9.17, 15) is 14.7 Å². The number of aliphatic hydroxyl groups is 2. The van der Waals surface area contributed by atoms with E-state index in [1.807, 2.05) is 13.0 Å². The SMILES string of the molecule is CC(=CCOC1C(=O)C(=O)OC1C(O)CO)CCCC(C)CCCC(C)C. The summed E-state index contributed by atoms with van der Waals surface area (Å²) in [6, 6.07) is 0. The first kappa shape index (κ1) is 23.8. The molecule has 0 bridgehead atoms. The van der Waals surface area contributed by atoms with E-state index >= 15 is 0 Å². The number of hydrogen-bond acceptors (Lipinski definition) is 6. The monoisotopic (exact) mass is 384 g/mol. The molecule has 0 amide bonds. The Kier molecular flexibility index (Phi) is 10.8. The number of hydrogen-bond donors (Lipinski definition) is 2. The lowest BCUT2D eigenvalue weighted by atomic mass is 9.94. The average molecular weight is 385 g/mol. The molecule has 1 saturated heterocycles. The molecule has 0 aromatic carbocycles. The van der Waals surface area contributed by atoms with Crippen LogP contribution in [0.4, 0.5) is 0 Å². The first-order chi connectivity index (χ1) is 12.8. The molecule has 6 nitrogen and oxygen atoms in total. The van der Waals surface area contributed by atoms with Crippen LogP contribution in [0.1, 0.15) is 66.2 Å². The van der Waals surface area contributed by atoms with Crippen LogP contribution in [0.15, 0.2) is 11.6 Å². The number of rotatable bonds is 13. The third-order valence-electron chi connectivity index (χ3n) is 5.02. The minimum atomic E-state index is -1.33. The molecule has 0 aromatic rings. The summed E-state index contributed by atoms with van der Waals surface area (Å²) in [6.45, 7) is 8.40. The molecule has 4 atom stereocenters. The van der Waals surface area contributed by atoms with Crippen LogP contribution in [0.25, 0.3) is 0 Å². The van der Waals surface area contributed by atoms with Crippen molar-refractivity contribution in [1.82, 2.24) is 0 Å². The van der Waals surface area contributed by atoms with Crippen molar-refractivity contribution in [3.63, 3.8) is 0 Å². The molecule has 0 aliphatic carbocycles. The van der Waals surface area contributed by atoms with Crippen LogP contribution in [0.2, 0.25) is 0 Å². The van der Waals surface area contributed by atoms with Gasteiger partial charge in [-0.2, -0.15) is 0 Å². The fraction of sp³-hybridized carbons (Fsp3) is 0.810. The topological polar surface area (TPSA) is 93.1 Å². The van der Waals surface area contributed by atoms with Gasteiger partial charge in [-0.1, -0.05) is 58.1 Å². The maximum Gasteiger partial charge on any atom is 0.378 e. The maximum atomic E-state index is 11.8. The Morgan fingerprint density at radius 3 is 2.48 bits per heavy atom. The van der Waals surface area contributed by atoms with Gasteiger partial charge in [0, 0.05) is 0 Å². The fourth-order valence-corrected chi connectivity index (χ4v) is 3.21. The van der Waals surface area contributed by atoms with Gasteiger partial charge in [0.2, 0.25) is 0 Å². The van der Waals surface area contributed by atoms with Crippen molar-refractivity contribution < 1.29 is 29.3 Å². The molecule has 1 fully saturated rings.